The predicted octanol–water partition coefficient (Wildman–Crippen LogP) is -2.36. The third-order valence-corrected chi connectivity index (χ3v) is 3.01. The van der Waals surface area contributed by atoms with Crippen molar-refractivity contribution in [2.24, 2.45) is 0 Å². The van der Waals surface area contributed by atoms with E-state index in [0.29, 0.717) is 5.75 Å². The van der Waals surface area contributed by atoms with Crippen LogP contribution in [0.3, 0.4) is 0 Å². The summed E-state index contributed by atoms with van der Waals surface area (Å²) in [6.07, 6.45) is -3.39. The molecule has 7 nitrogen and oxygen atoms in total. The van der Waals surface area contributed by atoms with Crippen LogP contribution in [0.1, 0.15) is 0 Å². The number of phosphoric ester groups is 1. The van der Waals surface area contributed by atoms with Gasteiger partial charge in [-0.2, -0.15) is 11.8 Å². The first-order chi connectivity index (χ1) is 6.85. The fourth-order valence-electron chi connectivity index (χ4n) is 1.23. The van der Waals surface area contributed by atoms with Crippen LogP contribution in [0.5, 0.6) is 0 Å². The molecule has 1 rings (SSSR count). The number of rotatable bonds is 4. The summed E-state index contributed by atoms with van der Waals surface area (Å²) in [5, 5.41) is 18.7. The molecular weight excluding hydrogens is 247 g/mol. The van der Waals surface area contributed by atoms with Gasteiger partial charge >= 0.3 is 0 Å². The number of phosphoric acid groups is 1. The van der Waals surface area contributed by atoms with Crippen molar-refractivity contribution in [3.63, 3.8) is 0 Å². The quantitative estimate of drug-likeness (QED) is 0.537. The molecule has 0 radical (unpaired) electrons. The highest BCUT2D eigenvalue weighted by Crippen LogP contribution is 2.34. The average molecular weight is 258 g/mol. The molecule has 0 saturated carbocycles. The Labute approximate surface area is 90.6 Å². The Bertz CT molecular complexity index is 256. The molecule has 90 valence electrons. The minimum Gasteiger partial charge on any atom is -0.790 e. The van der Waals surface area contributed by atoms with Gasteiger partial charge in [0, 0.05) is 5.75 Å². The zero-order chi connectivity index (χ0) is 11.6. The van der Waals surface area contributed by atoms with Crippen molar-refractivity contribution < 1.29 is 33.8 Å². The number of hydrogen-bond acceptors (Lipinski definition) is 8. The van der Waals surface area contributed by atoms with Crippen LogP contribution in [0, 0.1) is 0 Å². The summed E-state index contributed by atoms with van der Waals surface area (Å²) < 4.78 is 19.1. The topological polar surface area (TPSA) is 122 Å². The van der Waals surface area contributed by atoms with Gasteiger partial charge in [0.05, 0.1) is 13.9 Å². The Morgan fingerprint density at radius 3 is 2.53 bits per heavy atom. The highest BCUT2D eigenvalue weighted by molar-refractivity contribution is 7.98. The van der Waals surface area contributed by atoms with Crippen molar-refractivity contribution in [2.75, 3.05) is 12.0 Å². The summed E-state index contributed by atoms with van der Waals surface area (Å²) in [6.45, 7) is 0. The summed E-state index contributed by atoms with van der Waals surface area (Å²) in [6, 6.07) is 0. The van der Waals surface area contributed by atoms with Gasteiger partial charge in [-0.15, -0.1) is 0 Å². The lowest BCUT2D eigenvalue weighted by molar-refractivity contribution is -0.354. The zero-order valence-electron chi connectivity index (χ0n) is 7.81. The molecule has 0 aromatic carbocycles. The molecule has 0 spiro atoms. The molecule has 0 aromatic rings. The van der Waals surface area contributed by atoms with Gasteiger partial charge < -0.3 is 33.8 Å². The van der Waals surface area contributed by atoms with Crippen LogP contribution in [0.2, 0.25) is 0 Å². The molecule has 1 heterocycles. The maximum absolute atomic E-state index is 10.3. The molecule has 4 unspecified atom stereocenters. The van der Waals surface area contributed by atoms with Crippen LogP contribution in [0.15, 0.2) is 0 Å². The summed E-state index contributed by atoms with van der Waals surface area (Å²) >= 11 is 1.35. The van der Waals surface area contributed by atoms with Gasteiger partial charge in [-0.05, 0) is 6.26 Å². The fraction of sp³-hybridized carbons (Fsp3) is 1.00. The highest BCUT2D eigenvalue weighted by Gasteiger charge is 2.43. The number of ether oxygens (including phenoxy) is 1. The van der Waals surface area contributed by atoms with Crippen LogP contribution in [-0.4, -0.2) is 46.8 Å². The first-order valence-corrected chi connectivity index (χ1v) is 6.91. The second-order valence-corrected chi connectivity index (χ2v) is 5.05. The molecule has 1 fully saturated rings. The van der Waals surface area contributed by atoms with Crippen molar-refractivity contribution in [3.8, 4) is 0 Å². The van der Waals surface area contributed by atoms with Crippen LogP contribution < -0.4 is 9.79 Å². The zero-order valence-corrected chi connectivity index (χ0v) is 9.52. The van der Waals surface area contributed by atoms with Crippen LogP contribution >= 0.6 is 19.6 Å². The molecule has 0 aromatic heterocycles. The van der Waals surface area contributed by atoms with Crippen LogP contribution in [-0.2, 0) is 13.8 Å². The van der Waals surface area contributed by atoms with Gasteiger partial charge in [0.25, 0.3) is 0 Å². The van der Waals surface area contributed by atoms with E-state index < -0.39 is 32.4 Å². The molecule has 15 heavy (non-hydrogen) atoms. The Balaban J connectivity index is 2.59. The van der Waals surface area contributed by atoms with Crippen molar-refractivity contribution in [1.29, 1.82) is 0 Å². The highest BCUT2D eigenvalue weighted by atomic mass is 32.2. The largest absolute Gasteiger partial charge is 0.790 e. The van der Waals surface area contributed by atoms with E-state index in [2.05, 4.69) is 4.52 Å². The first-order valence-electron chi connectivity index (χ1n) is 4.06. The minimum absolute atomic E-state index is 0.361. The molecular formula is C6H11O7PS-2. The van der Waals surface area contributed by atoms with Gasteiger partial charge in [0.1, 0.15) is 12.2 Å². The Hall–Kier alpha value is 0.340. The monoisotopic (exact) mass is 258 g/mol. The third kappa shape index (κ3) is 3.69. The van der Waals surface area contributed by atoms with Gasteiger partial charge in [-0.25, -0.2) is 0 Å². The van der Waals surface area contributed by atoms with E-state index >= 15 is 0 Å². The SMILES string of the molecule is CSCC1OC(OP(=O)([O-])[O-])C(O)C1O. The van der Waals surface area contributed by atoms with Crippen LogP contribution in [0.25, 0.3) is 0 Å². The lowest BCUT2D eigenvalue weighted by atomic mass is 10.2. The second kappa shape index (κ2) is 5.11. The summed E-state index contributed by atoms with van der Waals surface area (Å²) in [5.74, 6) is 0.361. The molecule has 1 saturated heterocycles. The lowest BCUT2D eigenvalue weighted by Gasteiger charge is -2.32. The van der Waals surface area contributed by atoms with Crippen molar-refractivity contribution in [1.82, 2.24) is 0 Å². The van der Waals surface area contributed by atoms with E-state index in [-0.39, 0.29) is 0 Å². The Morgan fingerprint density at radius 2 is 2.07 bits per heavy atom. The molecule has 4 atom stereocenters. The van der Waals surface area contributed by atoms with Crippen molar-refractivity contribution in [2.45, 2.75) is 24.6 Å². The molecule has 0 aliphatic carbocycles. The number of thioether (sulfide) groups is 1. The molecule has 0 amide bonds. The maximum atomic E-state index is 10.3. The van der Waals surface area contributed by atoms with Crippen molar-refractivity contribution in [3.05, 3.63) is 0 Å². The summed E-state index contributed by atoms with van der Waals surface area (Å²) in [4.78, 5) is 20.6. The second-order valence-electron chi connectivity index (χ2n) is 3.03. The lowest BCUT2D eigenvalue weighted by Crippen LogP contribution is -2.35. The number of aliphatic hydroxyl groups is 2. The van der Waals surface area contributed by atoms with E-state index in [1.165, 1.54) is 11.8 Å². The van der Waals surface area contributed by atoms with Gasteiger partial charge in [-0.3, -0.25) is 0 Å². The first kappa shape index (κ1) is 13.4. The van der Waals surface area contributed by atoms with E-state index in [1.807, 2.05) is 0 Å². The average Bonchev–Trinajstić information content (AvgIpc) is 2.32. The van der Waals surface area contributed by atoms with E-state index in [1.54, 1.807) is 6.26 Å². The van der Waals surface area contributed by atoms with Gasteiger partial charge in [-0.1, -0.05) is 0 Å². The molecule has 0 bridgehead atoms. The van der Waals surface area contributed by atoms with Crippen LogP contribution in [0.4, 0.5) is 0 Å². The van der Waals surface area contributed by atoms with Crippen molar-refractivity contribution >= 4 is 19.6 Å². The van der Waals surface area contributed by atoms with Gasteiger partial charge in [0.2, 0.25) is 0 Å². The number of aliphatic hydroxyl groups excluding tert-OH is 2. The van der Waals surface area contributed by atoms with Gasteiger partial charge in [0.15, 0.2) is 6.29 Å². The molecule has 1 aliphatic heterocycles. The standard InChI is InChI=1S/C6H13O7PS/c1-15-2-3-4(7)5(8)6(12-3)13-14(9,10)11/h3-8H,2H2,1H3,(H2,9,10,11)/p-2. The normalized spacial score (nSPS) is 37.1. The van der Waals surface area contributed by atoms with E-state index in [0.717, 1.165) is 0 Å². The Kier molecular flexibility index (Phi) is 4.57. The van der Waals surface area contributed by atoms with E-state index in [4.69, 9.17) is 4.74 Å². The summed E-state index contributed by atoms with van der Waals surface area (Å²) in [7, 11) is -5.23. The number of hydrogen-bond donors (Lipinski definition) is 2. The van der Waals surface area contributed by atoms with E-state index in [9.17, 15) is 24.6 Å². The summed E-state index contributed by atoms with van der Waals surface area (Å²) in [5.41, 5.74) is 0. The molecule has 1 aliphatic rings. The maximum Gasteiger partial charge on any atom is 0.191 e. The third-order valence-electron chi connectivity index (χ3n) is 1.88. The Morgan fingerprint density at radius 1 is 1.47 bits per heavy atom. The fourth-order valence-corrected chi connectivity index (χ4v) is 2.26. The smallest absolute Gasteiger partial charge is 0.191 e. The molecule has 2 N–H and O–H groups in total. The minimum atomic E-state index is -5.23. The predicted molar refractivity (Wildman–Crippen MR) is 47.7 cm³/mol. The molecule has 9 heteroatoms.